The van der Waals surface area contributed by atoms with Gasteiger partial charge in [0.05, 0.1) is 12.3 Å². The molecule has 0 fully saturated rings. The van der Waals surface area contributed by atoms with E-state index < -0.39 is 0 Å². The second-order valence-electron chi connectivity index (χ2n) is 4.06. The van der Waals surface area contributed by atoms with Gasteiger partial charge in [0, 0.05) is 23.5 Å². The fourth-order valence-corrected chi connectivity index (χ4v) is 1.66. The maximum atomic E-state index is 8.64. The average Bonchev–Trinajstić information content (AvgIpc) is 2.48. The zero-order chi connectivity index (χ0) is 13.5. The van der Waals surface area contributed by atoms with Crippen molar-refractivity contribution >= 4 is 5.71 Å². The molecule has 0 unspecified atom stereocenters. The van der Waals surface area contributed by atoms with Crippen LogP contribution in [0.3, 0.4) is 0 Å². The van der Waals surface area contributed by atoms with Gasteiger partial charge in [-0.05, 0) is 18.6 Å². The lowest BCUT2D eigenvalue weighted by Gasteiger charge is -2.05. The maximum Gasteiger partial charge on any atom is 0.140 e. The number of aromatic nitrogens is 1. The molecule has 0 aliphatic carbocycles. The molecule has 1 heterocycles. The molecule has 0 atom stereocenters. The monoisotopic (exact) mass is 256 g/mol. The third-order valence-corrected chi connectivity index (χ3v) is 2.65. The van der Waals surface area contributed by atoms with E-state index in [2.05, 4.69) is 10.1 Å². The van der Waals surface area contributed by atoms with Crippen LogP contribution in [0.5, 0.6) is 0 Å². The predicted octanol–water partition coefficient (Wildman–Crippen LogP) is 2.48. The highest BCUT2D eigenvalue weighted by Crippen LogP contribution is 2.19. The Kier molecular flexibility index (Phi) is 4.64. The van der Waals surface area contributed by atoms with E-state index in [1.54, 1.807) is 6.20 Å². The Morgan fingerprint density at radius 3 is 2.74 bits per heavy atom. The molecule has 0 saturated heterocycles. The lowest BCUT2D eigenvalue weighted by atomic mass is 10.0. The van der Waals surface area contributed by atoms with Gasteiger partial charge in [0.15, 0.2) is 0 Å². The zero-order valence-corrected chi connectivity index (χ0v) is 10.8. The fourth-order valence-electron chi connectivity index (χ4n) is 1.66. The summed E-state index contributed by atoms with van der Waals surface area (Å²) in [5.74, 6) is 0. The maximum absolute atomic E-state index is 8.64. The van der Waals surface area contributed by atoms with Crippen LogP contribution in [0.4, 0.5) is 0 Å². The van der Waals surface area contributed by atoms with Crippen molar-refractivity contribution in [2.45, 2.75) is 6.92 Å². The number of rotatable bonds is 5. The van der Waals surface area contributed by atoms with Crippen molar-refractivity contribution in [2.24, 2.45) is 5.16 Å². The topological polar surface area (TPSA) is 54.7 Å². The smallest absolute Gasteiger partial charge is 0.140 e. The van der Waals surface area contributed by atoms with E-state index in [0.29, 0.717) is 0 Å². The van der Waals surface area contributed by atoms with E-state index in [1.807, 2.05) is 49.5 Å². The van der Waals surface area contributed by atoms with Crippen LogP contribution >= 0.6 is 0 Å². The minimum absolute atomic E-state index is 0.0426. The Bertz CT molecular complexity index is 553. The normalized spacial score (nSPS) is 11.4. The van der Waals surface area contributed by atoms with E-state index in [4.69, 9.17) is 9.94 Å². The summed E-state index contributed by atoms with van der Waals surface area (Å²) < 4.78 is 0. The highest BCUT2D eigenvalue weighted by molar-refractivity contribution is 5.98. The van der Waals surface area contributed by atoms with Gasteiger partial charge in [0.2, 0.25) is 0 Å². The van der Waals surface area contributed by atoms with E-state index in [1.165, 1.54) is 0 Å². The summed E-state index contributed by atoms with van der Waals surface area (Å²) in [6.07, 6.45) is 3.56. The van der Waals surface area contributed by atoms with E-state index in [9.17, 15) is 0 Å². The number of pyridine rings is 1. The van der Waals surface area contributed by atoms with Gasteiger partial charge in [0.25, 0.3) is 0 Å². The van der Waals surface area contributed by atoms with Gasteiger partial charge in [-0.15, -0.1) is 0 Å². The number of benzene rings is 1. The quantitative estimate of drug-likeness (QED) is 0.508. The molecular formula is C15H16N2O2. The SMILES string of the molecule is C/C(=N/OCCO)c1cncc(-c2ccccc2)c1. The second-order valence-corrected chi connectivity index (χ2v) is 4.06. The molecule has 4 nitrogen and oxygen atoms in total. The molecule has 0 aliphatic rings. The second kappa shape index (κ2) is 6.66. The minimum Gasteiger partial charge on any atom is -0.393 e. The first-order valence-electron chi connectivity index (χ1n) is 6.09. The number of nitrogens with zero attached hydrogens (tertiary/aromatic N) is 2. The first kappa shape index (κ1) is 13.2. The van der Waals surface area contributed by atoms with E-state index >= 15 is 0 Å². The van der Waals surface area contributed by atoms with Gasteiger partial charge in [-0.1, -0.05) is 35.5 Å². The molecule has 19 heavy (non-hydrogen) atoms. The Morgan fingerprint density at radius 2 is 2.00 bits per heavy atom. The summed E-state index contributed by atoms with van der Waals surface area (Å²) in [5.41, 5.74) is 3.79. The number of hydrogen-bond donors (Lipinski definition) is 1. The first-order valence-corrected chi connectivity index (χ1v) is 6.09. The number of hydrogen-bond acceptors (Lipinski definition) is 4. The fraction of sp³-hybridized carbons (Fsp3) is 0.200. The van der Waals surface area contributed by atoms with Gasteiger partial charge in [-0.2, -0.15) is 0 Å². The summed E-state index contributed by atoms with van der Waals surface area (Å²) in [4.78, 5) is 9.18. The molecule has 0 saturated carbocycles. The molecule has 0 spiro atoms. The standard InChI is InChI=1S/C15H16N2O2/c1-12(17-19-8-7-18)14-9-15(11-16-10-14)13-5-3-2-4-6-13/h2-6,9-11,18H,7-8H2,1H3/b17-12-. The number of aliphatic hydroxyl groups excluding tert-OH is 1. The van der Waals surface area contributed by atoms with Crippen LogP contribution in [0, 0.1) is 0 Å². The van der Waals surface area contributed by atoms with Crippen molar-refractivity contribution in [3.05, 3.63) is 54.4 Å². The first-order chi connectivity index (χ1) is 9.31. The van der Waals surface area contributed by atoms with Gasteiger partial charge in [0.1, 0.15) is 6.61 Å². The summed E-state index contributed by atoms with van der Waals surface area (Å²) in [6.45, 7) is 2.01. The molecule has 1 aromatic carbocycles. The Hall–Kier alpha value is -2.20. The molecule has 0 aliphatic heterocycles. The summed E-state index contributed by atoms with van der Waals surface area (Å²) in [7, 11) is 0. The van der Waals surface area contributed by atoms with Crippen LogP contribution in [0.2, 0.25) is 0 Å². The van der Waals surface area contributed by atoms with Crippen LogP contribution in [0.25, 0.3) is 11.1 Å². The molecule has 98 valence electrons. The largest absolute Gasteiger partial charge is 0.393 e. The lowest BCUT2D eigenvalue weighted by Crippen LogP contribution is -2.00. The van der Waals surface area contributed by atoms with Crippen LogP contribution < -0.4 is 0 Å². The van der Waals surface area contributed by atoms with Crippen molar-refractivity contribution in [2.75, 3.05) is 13.2 Å². The average molecular weight is 256 g/mol. The van der Waals surface area contributed by atoms with E-state index in [-0.39, 0.29) is 13.2 Å². The van der Waals surface area contributed by atoms with Crippen molar-refractivity contribution < 1.29 is 9.94 Å². The molecular weight excluding hydrogens is 240 g/mol. The van der Waals surface area contributed by atoms with Crippen molar-refractivity contribution in [1.29, 1.82) is 0 Å². The van der Waals surface area contributed by atoms with Crippen LogP contribution in [-0.4, -0.2) is 29.0 Å². The van der Waals surface area contributed by atoms with E-state index in [0.717, 1.165) is 22.4 Å². The van der Waals surface area contributed by atoms with Gasteiger partial charge >= 0.3 is 0 Å². The molecule has 0 bridgehead atoms. The minimum atomic E-state index is -0.0426. The Balaban J connectivity index is 2.22. The number of aliphatic hydroxyl groups is 1. The number of oxime groups is 1. The van der Waals surface area contributed by atoms with Crippen LogP contribution in [0.15, 0.2) is 53.9 Å². The van der Waals surface area contributed by atoms with Crippen LogP contribution in [-0.2, 0) is 4.84 Å². The highest BCUT2D eigenvalue weighted by Gasteiger charge is 2.02. The third-order valence-electron chi connectivity index (χ3n) is 2.65. The van der Waals surface area contributed by atoms with Gasteiger partial charge in [-0.3, -0.25) is 4.98 Å². The summed E-state index contributed by atoms with van der Waals surface area (Å²) >= 11 is 0. The molecule has 1 aromatic heterocycles. The third kappa shape index (κ3) is 3.63. The Labute approximate surface area is 112 Å². The predicted molar refractivity (Wildman–Crippen MR) is 74.9 cm³/mol. The molecule has 2 aromatic rings. The zero-order valence-electron chi connectivity index (χ0n) is 10.8. The Morgan fingerprint density at radius 1 is 1.21 bits per heavy atom. The lowest BCUT2D eigenvalue weighted by molar-refractivity contribution is 0.0986. The van der Waals surface area contributed by atoms with Crippen molar-refractivity contribution in [1.82, 2.24) is 4.98 Å². The van der Waals surface area contributed by atoms with Crippen molar-refractivity contribution in [3.63, 3.8) is 0 Å². The molecule has 0 radical (unpaired) electrons. The summed E-state index contributed by atoms with van der Waals surface area (Å²) in [6, 6.07) is 12.1. The van der Waals surface area contributed by atoms with Gasteiger partial charge in [-0.25, -0.2) is 0 Å². The molecule has 2 rings (SSSR count). The van der Waals surface area contributed by atoms with Gasteiger partial charge < -0.3 is 9.94 Å². The molecule has 0 amide bonds. The van der Waals surface area contributed by atoms with Crippen molar-refractivity contribution in [3.8, 4) is 11.1 Å². The summed E-state index contributed by atoms with van der Waals surface area (Å²) in [5, 5.41) is 12.6. The van der Waals surface area contributed by atoms with Crippen LogP contribution in [0.1, 0.15) is 12.5 Å². The highest BCUT2D eigenvalue weighted by atomic mass is 16.6. The molecule has 4 heteroatoms. The molecule has 1 N–H and O–H groups in total.